The van der Waals surface area contributed by atoms with Gasteiger partial charge in [0, 0.05) is 44.3 Å². The Morgan fingerprint density at radius 2 is 2.00 bits per heavy atom. The maximum atomic E-state index is 12.8. The summed E-state index contributed by atoms with van der Waals surface area (Å²) in [4.78, 5) is 22.2. The first-order valence-corrected chi connectivity index (χ1v) is 9.65. The minimum absolute atomic E-state index is 0.00983. The van der Waals surface area contributed by atoms with Crippen LogP contribution in [-0.4, -0.2) is 52.2 Å². The number of halogens is 3. The van der Waals surface area contributed by atoms with Crippen LogP contribution in [0.2, 0.25) is 0 Å². The lowest BCUT2D eigenvalue weighted by Crippen LogP contribution is -2.43. The number of piperidine rings is 1. The Morgan fingerprint density at radius 3 is 2.72 bits per heavy atom. The summed E-state index contributed by atoms with van der Waals surface area (Å²) >= 11 is 0. The van der Waals surface area contributed by atoms with Crippen LogP contribution in [-0.2, 0) is 15.7 Å². The summed E-state index contributed by atoms with van der Waals surface area (Å²) in [5.41, 5.74) is 1.12. The summed E-state index contributed by atoms with van der Waals surface area (Å²) in [7, 11) is 0. The van der Waals surface area contributed by atoms with Crippen LogP contribution in [0.1, 0.15) is 43.1 Å². The molecule has 0 bridgehead atoms. The highest BCUT2D eigenvalue weighted by Crippen LogP contribution is 2.32. The highest BCUT2D eigenvalue weighted by atomic mass is 19.4. The van der Waals surface area contributed by atoms with Crippen molar-refractivity contribution in [2.75, 3.05) is 26.3 Å². The van der Waals surface area contributed by atoms with Gasteiger partial charge in [-0.1, -0.05) is 5.16 Å². The monoisotopic (exact) mass is 410 g/mol. The zero-order valence-electron chi connectivity index (χ0n) is 15.7. The number of ether oxygens (including phenoxy) is 1. The third-order valence-electron chi connectivity index (χ3n) is 5.46. The molecule has 4 heterocycles. The van der Waals surface area contributed by atoms with E-state index in [2.05, 4.69) is 19.6 Å². The molecule has 7 nitrogen and oxygen atoms in total. The fourth-order valence-electron chi connectivity index (χ4n) is 3.92. The number of amides is 1. The Labute approximate surface area is 165 Å². The third-order valence-corrected chi connectivity index (χ3v) is 5.46. The van der Waals surface area contributed by atoms with Gasteiger partial charge < -0.3 is 14.2 Å². The highest BCUT2D eigenvalue weighted by molar-refractivity contribution is 5.79. The average molecular weight is 410 g/mol. The summed E-state index contributed by atoms with van der Waals surface area (Å²) in [6.45, 7) is 2.54. The van der Waals surface area contributed by atoms with E-state index < -0.39 is 12.1 Å². The molecule has 2 fully saturated rings. The summed E-state index contributed by atoms with van der Waals surface area (Å²) < 4.78 is 47.7. The van der Waals surface area contributed by atoms with Crippen molar-refractivity contribution >= 4 is 5.91 Å². The number of carbonyl (C=O) groups is 1. The molecule has 0 N–H and O–H groups in total. The zero-order valence-corrected chi connectivity index (χ0v) is 15.7. The summed E-state index contributed by atoms with van der Waals surface area (Å²) in [5.74, 6) is -1.34. The van der Waals surface area contributed by atoms with Gasteiger partial charge in [-0.15, -0.1) is 0 Å². The molecule has 1 atom stereocenters. The lowest BCUT2D eigenvalue weighted by molar-refractivity contribution is -0.159. The SMILES string of the molecule is O=C(C1CCOCC1)N1CCC[C@@H](c2ccnc(-c3noc(C(F)(F)F)n3)c2)C1. The fourth-order valence-corrected chi connectivity index (χ4v) is 3.92. The van der Waals surface area contributed by atoms with Crippen LogP contribution in [0, 0.1) is 5.92 Å². The number of carbonyl (C=O) groups excluding carboxylic acids is 1. The average Bonchev–Trinajstić information content (AvgIpc) is 3.25. The first-order chi connectivity index (χ1) is 13.9. The van der Waals surface area contributed by atoms with E-state index in [4.69, 9.17) is 4.74 Å². The van der Waals surface area contributed by atoms with Crippen LogP contribution in [0.5, 0.6) is 0 Å². The van der Waals surface area contributed by atoms with E-state index in [0.29, 0.717) is 19.8 Å². The van der Waals surface area contributed by atoms with Gasteiger partial charge in [0.05, 0.1) is 0 Å². The molecule has 2 aromatic heterocycles. The van der Waals surface area contributed by atoms with Gasteiger partial charge in [-0.05, 0) is 43.4 Å². The smallest absolute Gasteiger partial charge is 0.381 e. The quantitative estimate of drug-likeness (QED) is 0.773. The number of alkyl halides is 3. The molecule has 0 aromatic carbocycles. The number of rotatable bonds is 3. The van der Waals surface area contributed by atoms with E-state index in [1.807, 2.05) is 11.0 Å². The Bertz CT molecular complexity index is 864. The molecule has 1 amide bonds. The topological polar surface area (TPSA) is 81.4 Å². The lowest BCUT2D eigenvalue weighted by atomic mass is 9.89. The standard InChI is InChI=1S/C19H21F3N4O3/c20-19(21,22)18-24-16(25-29-18)15-10-13(3-6-23-15)14-2-1-7-26(11-14)17(27)12-4-8-28-9-5-12/h3,6,10,12,14H,1-2,4-5,7-9,11H2/t14-/m1/s1. The van der Waals surface area contributed by atoms with Crippen molar-refractivity contribution in [3.63, 3.8) is 0 Å². The summed E-state index contributed by atoms with van der Waals surface area (Å²) in [6.07, 6.45) is 0.0844. The normalized spacial score (nSPS) is 21.3. The lowest BCUT2D eigenvalue weighted by Gasteiger charge is -2.36. The van der Waals surface area contributed by atoms with Crippen LogP contribution >= 0.6 is 0 Å². The number of aromatic nitrogens is 3. The van der Waals surface area contributed by atoms with Gasteiger partial charge >= 0.3 is 12.1 Å². The van der Waals surface area contributed by atoms with E-state index in [-0.39, 0.29) is 29.3 Å². The number of likely N-dealkylation sites (tertiary alicyclic amines) is 1. The van der Waals surface area contributed by atoms with E-state index in [1.54, 1.807) is 6.07 Å². The molecule has 2 aliphatic heterocycles. The second-order valence-corrected chi connectivity index (χ2v) is 7.41. The molecule has 0 unspecified atom stereocenters. The van der Waals surface area contributed by atoms with Crippen molar-refractivity contribution in [3.05, 3.63) is 29.8 Å². The van der Waals surface area contributed by atoms with Crippen LogP contribution in [0.25, 0.3) is 11.5 Å². The second-order valence-electron chi connectivity index (χ2n) is 7.41. The summed E-state index contributed by atoms with van der Waals surface area (Å²) in [6, 6.07) is 3.50. The van der Waals surface area contributed by atoms with Gasteiger partial charge in [-0.2, -0.15) is 18.2 Å². The number of hydrogen-bond donors (Lipinski definition) is 0. The third kappa shape index (κ3) is 4.42. The number of hydrogen-bond acceptors (Lipinski definition) is 6. The minimum atomic E-state index is -4.70. The second kappa shape index (κ2) is 8.10. The molecular weight excluding hydrogens is 389 g/mol. The zero-order chi connectivity index (χ0) is 20.4. The molecule has 2 saturated heterocycles. The van der Waals surface area contributed by atoms with Crippen LogP contribution in [0.15, 0.2) is 22.9 Å². The Kier molecular flexibility index (Phi) is 5.53. The predicted octanol–water partition coefficient (Wildman–Crippen LogP) is 3.28. The predicted molar refractivity (Wildman–Crippen MR) is 94.6 cm³/mol. The molecule has 10 heteroatoms. The molecule has 0 saturated carbocycles. The van der Waals surface area contributed by atoms with Crippen molar-refractivity contribution in [1.82, 2.24) is 20.0 Å². The van der Waals surface area contributed by atoms with Gasteiger partial charge in [-0.3, -0.25) is 9.78 Å². The summed E-state index contributed by atoms with van der Waals surface area (Å²) in [5, 5.41) is 3.40. The Balaban J connectivity index is 1.49. The molecular formula is C19H21F3N4O3. The fraction of sp³-hybridized carbons (Fsp3) is 0.579. The van der Waals surface area contributed by atoms with Crippen LogP contribution < -0.4 is 0 Å². The highest BCUT2D eigenvalue weighted by Gasteiger charge is 2.38. The molecule has 29 heavy (non-hydrogen) atoms. The Hall–Kier alpha value is -2.49. The molecule has 0 spiro atoms. The van der Waals surface area contributed by atoms with Gasteiger partial charge in [0.25, 0.3) is 0 Å². The van der Waals surface area contributed by atoms with Crippen molar-refractivity contribution < 1.29 is 27.2 Å². The van der Waals surface area contributed by atoms with Crippen molar-refractivity contribution in [2.24, 2.45) is 5.92 Å². The van der Waals surface area contributed by atoms with Crippen molar-refractivity contribution in [1.29, 1.82) is 0 Å². The van der Waals surface area contributed by atoms with Gasteiger partial charge in [0.1, 0.15) is 5.69 Å². The molecule has 156 valence electrons. The maximum absolute atomic E-state index is 12.8. The van der Waals surface area contributed by atoms with E-state index in [0.717, 1.165) is 37.8 Å². The molecule has 2 aliphatic rings. The Morgan fingerprint density at radius 1 is 1.21 bits per heavy atom. The molecule has 0 aliphatic carbocycles. The number of pyridine rings is 1. The van der Waals surface area contributed by atoms with Gasteiger partial charge in [0.2, 0.25) is 11.7 Å². The van der Waals surface area contributed by atoms with Crippen molar-refractivity contribution in [3.8, 4) is 11.5 Å². The van der Waals surface area contributed by atoms with Gasteiger partial charge in [-0.25, -0.2) is 0 Å². The first-order valence-electron chi connectivity index (χ1n) is 9.65. The van der Waals surface area contributed by atoms with E-state index in [9.17, 15) is 18.0 Å². The van der Waals surface area contributed by atoms with Crippen molar-refractivity contribution in [2.45, 2.75) is 37.8 Å². The number of nitrogens with zero attached hydrogens (tertiary/aromatic N) is 4. The van der Waals surface area contributed by atoms with E-state index >= 15 is 0 Å². The molecule has 2 aromatic rings. The van der Waals surface area contributed by atoms with Crippen LogP contribution in [0.4, 0.5) is 13.2 Å². The van der Waals surface area contributed by atoms with E-state index in [1.165, 1.54) is 6.20 Å². The largest absolute Gasteiger partial charge is 0.471 e. The van der Waals surface area contributed by atoms with Gasteiger partial charge in [0.15, 0.2) is 0 Å². The van der Waals surface area contributed by atoms with Crippen LogP contribution in [0.3, 0.4) is 0 Å². The first kappa shape index (κ1) is 19.8. The molecule has 4 rings (SSSR count). The minimum Gasteiger partial charge on any atom is -0.381 e. The molecule has 0 radical (unpaired) electrons. The maximum Gasteiger partial charge on any atom is 0.471 e.